The van der Waals surface area contributed by atoms with Crippen molar-refractivity contribution in [2.45, 2.75) is 5.41 Å². The molecule has 10 rings (SSSR count). The number of imidazole rings is 1. The predicted molar refractivity (Wildman–Crippen MR) is 223 cm³/mol. The average molecular weight is 709 g/mol. The third kappa shape index (κ3) is 5.12. The van der Waals surface area contributed by atoms with E-state index < -0.39 is 5.41 Å². The van der Waals surface area contributed by atoms with Gasteiger partial charge in [-0.05, 0) is 68.8 Å². The molecule has 0 fully saturated rings. The van der Waals surface area contributed by atoms with Gasteiger partial charge < -0.3 is 0 Å². The van der Waals surface area contributed by atoms with E-state index >= 15 is 0 Å². The van der Waals surface area contributed by atoms with Gasteiger partial charge in [0.25, 0.3) is 0 Å². The van der Waals surface area contributed by atoms with Crippen molar-refractivity contribution >= 4 is 11.0 Å². The molecule has 0 amide bonds. The number of aryl methyl sites for hydroxylation is 2. The van der Waals surface area contributed by atoms with Gasteiger partial charge in [-0.3, -0.25) is 9.13 Å². The monoisotopic (exact) mass is 708 g/mol. The van der Waals surface area contributed by atoms with Crippen LogP contribution in [0.3, 0.4) is 0 Å². The Hall–Kier alpha value is -7.11. The molecule has 1 aliphatic rings. The molecule has 0 saturated heterocycles. The summed E-state index contributed by atoms with van der Waals surface area (Å²) in [4.78, 5) is 23.1. The van der Waals surface area contributed by atoms with Crippen molar-refractivity contribution < 1.29 is 0 Å². The molecular formula is C50H36N4O. The normalized spacial score (nSPS) is 12.8. The lowest BCUT2D eigenvalue weighted by Gasteiger charge is -2.34. The Bertz CT molecular complexity index is 2910. The van der Waals surface area contributed by atoms with Gasteiger partial charge >= 0.3 is 5.69 Å². The Morgan fingerprint density at radius 1 is 0.418 bits per heavy atom. The molecule has 55 heavy (non-hydrogen) atoms. The van der Waals surface area contributed by atoms with Crippen LogP contribution in [0, 0.1) is 0 Å². The van der Waals surface area contributed by atoms with Crippen molar-refractivity contribution in [1.82, 2.24) is 19.1 Å². The molecule has 2 aromatic heterocycles. The lowest BCUT2D eigenvalue weighted by Crippen LogP contribution is -2.28. The molecule has 1 aliphatic carbocycles. The van der Waals surface area contributed by atoms with Gasteiger partial charge in [0, 0.05) is 30.8 Å². The van der Waals surface area contributed by atoms with Gasteiger partial charge in [0.2, 0.25) is 0 Å². The molecule has 262 valence electrons. The highest BCUT2D eigenvalue weighted by Crippen LogP contribution is 2.56. The highest BCUT2D eigenvalue weighted by Gasteiger charge is 2.46. The minimum atomic E-state index is -0.519. The van der Waals surface area contributed by atoms with Crippen molar-refractivity contribution in [1.29, 1.82) is 0 Å². The summed E-state index contributed by atoms with van der Waals surface area (Å²) < 4.78 is 3.38. The lowest BCUT2D eigenvalue weighted by atomic mass is 9.67. The van der Waals surface area contributed by atoms with E-state index in [0.29, 0.717) is 5.82 Å². The van der Waals surface area contributed by atoms with Crippen molar-refractivity contribution in [3.8, 4) is 56.2 Å². The second-order valence-electron chi connectivity index (χ2n) is 14.3. The van der Waals surface area contributed by atoms with Crippen LogP contribution in [0.25, 0.3) is 67.2 Å². The SMILES string of the molecule is Cn1c(=O)n(C)c2cc(-c3ccc(-c4cc(-c5ccccc5)nc(-c5ccc6c(c5)C(c5ccccc5)(c5ccccc5)c5ccccc5-6)n4)cc3)ccc21. The van der Waals surface area contributed by atoms with Crippen LogP contribution in [0.4, 0.5) is 0 Å². The molecule has 5 nitrogen and oxygen atoms in total. The van der Waals surface area contributed by atoms with Crippen LogP contribution in [0.5, 0.6) is 0 Å². The second-order valence-corrected chi connectivity index (χ2v) is 14.3. The fourth-order valence-corrected chi connectivity index (χ4v) is 8.58. The number of hydrogen-bond donors (Lipinski definition) is 0. The van der Waals surface area contributed by atoms with E-state index in [1.165, 1.54) is 33.4 Å². The Labute approximate surface area is 319 Å². The van der Waals surface area contributed by atoms with E-state index in [4.69, 9.17) is 9.97 Å². The van der Waals surface area contributed by atoms with Gasteiger partial charge in [-0.25, -0.2) is 14.8 Å². The zero-order valence-corrected chi connectivity index (χ0v) is 30.5. The van der Waals surface area contributed by atoms with Crippen LogP contribution in [0.2, 0.25) is 0 Å². The quantitative estimate of drug-likeness (QED) is 0.173. The first-order valence-corrected chi connectivity index (χ1v) is 18.6. The minimum Gasteiger partial charge on any atom is -0.295 e. The maximum atomic E-state index is 12.6. The Balaban J connectivity index is 1.13. The fraction of sp³-hybridized carbons (Fsp3) is 0.0600. The van der Waals surface area contributed by atoms with Crippen molar-refractivity contribution in [3.63, 3.8) is 0 Å². The zero-order chi connectivity index (χ0) is 37.1. The van der Waals surface area contributed by atoms with Crippen molar-refractivity contribution in [3.05, 3.63) is 215 Å². The summed E-state index contributed by atoms with van der Waals surface area (Å²) in [5.41, 5.74) is 15.5. The number of aromatic nitrogens is 4. The number of nitrogens with zero attached hydrogens (tertiary/aromatic N) is 4. The maximum absolute atomic E-state index is 12.6. The molecule has 5 heteroatoms. The lowest BCUT2D eigenvalue weighted by molar-refractivity contribution is 0.768. The van der Waals surface area contributed by atoms with E-state index in [0.717, 1.165) is 50.2 Å². The molecule has 0 spiro atoms. The largest absolute Gasteiger partial charge is 0.328 e. The molecule has 0 aliphatic heterocycles. The average Bonchev–Trinajstić information content (AvgIpc) is 3.68. The highest BCUT2D eigenvalue weighted by molar-refractivity contribution is 5.88. The van der Waals surface area contributed by atoms with Gasteiger partial charge in [-0.2, -0.15) is 0 Å². The summed E-state index contributed by atoms with van der Waals surface area (Å²) >= 11 is 0. The van der Waals surface area contributed by atoms with Crippen LogP contribution in [-0.4, -0.2) is 19.1 Å². The molecule has 0 unspecified atom stereocenters. The molecule has 0 N–H and O–H groups in total. The predicted octanol–water partition coefficient (Wildman–Crippen LogP) is 10.7. The van der Waals surface area contributed by atoms with Gasteiger partial charge in [-0.15, -0.1) is 0 Å². The van der Waals surface area contributed by atoms with Gasteiger partial charge in [-0.1, -0.05) is 158 Å². The number of rotatable bonds is 6. The first-order valence-electron chi connectivity index (χ1n) is 18.6. The summed E-state index contributed by atoms with van der Waals surface area (Å²) in [6.07, 6.45) is 0. The minimum absolute atomic E-state index is 0.0324. The van der Waals surface area contributed by atoms with E-state index in [1.54, 1.807) is 9.13 Å². The fourth-order valence-electron chi connectivity index (χ4n) is 8.58. The zero-order valence-electron chi connectivity index (χ0n) is 30.5. The van der Waals surface area contributed by atoms with Gasteiger partial charge in [0.15, 0.2) is 5.82 Å². The summed E-state index contributed by atoms with van der Waals surface area (Å²) in [7, 11) is 3.63. The summed E-state index contributed by atoms with van der Waals surface area (Å²) in [6, 6.07) is 64.3. The van der Waals surface area contributed by atoms with Gasteiger partial charge in [0.05, 0.1) is 27.8 Å². The molecule has 9 aromatic rings. The maximum Gasteiger partial charge on any atom is 0.328 e. The first-order chi connectivity index (χ1) is 27.0. The third-order valence-corrected chi connectivity index (χ3v) is 11.3. The topological polar surface area (TPSA) is 52.7 Å². The summed E-state index contributed by atoms with van der Waals surface area (Å²) in [6.45, 7) is 0. The number of fused-ring (bicyclic) bond motifs is 4. The molecule has 0 bridgehead atoms. The van der Waals surface area contributed by atoms with Crippen LogP contribution in [0.1, 0.15) is 22.3 Å². The molecule has 0 atom stereocenters. The number of hydrogen-bond acceptors (Lipinski definition) is 3. The standard InChI is InChI=1S/C50H36N4O/c1-53-46-29-27-36(31-47(46)54(2)49(53)55)33-22-24-35(25-23-33)45-32-44(34-14-6-3-7-15-34)51-48(52-45)37-26-28-41-40-20-12-13-21-42(40)50(43(41)30-37,38-16-8-4-9-17-38)39-18-10-5-11-19-39/h3-32H,1-2H3. The van der Waals surface area contributed by atoms with Crippen LogP contribution >= 0.6 is 0 Å². The third-order valence-electron chi connectivity index (χ3n) is 11.3. The molecule has 0 saturated carbocycles. The van der Waals surface area contributed by atoms with Gasteiger partial charge in [0.1, 0.15) is 0 Å². The molecular weight excluding hydrogens is 673 g/mol. The van der Waals surface area contributed by atoms with E-state index in [2.05, 4.69) is 158 Å². The van der Waals surface area contributed by atoms with E-state index in [-0.39, 0.29) is 5.69 Å². The molecule has 7 aromatic carbocycles. The number of benzene rings is 7. The Morgan fingerprint density at radius 3 is 1.60 bits per heavy atom. The summed E-state index contributed by atoms with van der Waals surface area (Å²) in [5.74, 6) is 0.671. The second kappa shape index (κ2) is 12.8. The van der Waals surface area contributed by atoms with Crippen LogP contribution in [-0.2, 0) is 19.5 Å². The van der Waals surface area contributed by atoms with Crippen molar-refractivity contribution in [2.75, 3.05) is 0 Å². The Kier molecular flexibility index (Phi) is 7.56. The van der Waals surface area contributed by atoms with Crippen LogP contribution in [0.15, 0.2) is 187 Å². The highest BCUT2D eigenvalue weighted by atomic mass is 16.1. The van der Waals surface area contributed by atoms with E-state index in [1.807, 2.05) is 38.4 Å². The van der Waals surface area contributed by atoms with Crippen molar-refractivity contribution in [2.24, 2.45) is 14.1 Å². The molecule has 2 heterocycles. The van der Waals surface area contributed by atoms with Crippen LogP contribution < -0.4 is 5.69 Å². The smallest absolute Gasteiger partial charge is 0.295 e. The first kappa shape index (κ1) is 32.5. The molecule has 0 radical (unpaired) electrons. The Morgan fingerprint density at radius 2 is 0.927 bits per heavy atom. The van der Waals surface area contributed by atoms with E-state index in [9.17, 15) is 4.79 Å². The summed E-state index contributed by atoms with van der Waals surface area (Å²) in [5, 5.41) is 0.